The minimum absolute atomic E-state index is 0.194. The topological polar surface area (TPSA) is 61.4 Å². The summed E-state index contributed by atoms with van der Waals surface area (Å²) in [5.74, 6) is 1.92. The molecule has 6 heteroatoms. The van der Waals surface area contributed by atoms with E-state index in [4.69, 9.17) is 19.9 Å². The highest BCUT2D eigenvalue weighted by Gasteiger charge is 2.40. The number of nitrogens with zero attached hydrogens (tertiary/aromatic N) is 6. The first-order valence-corrected chi connectivity index (χ1v) is 22.8. The molecule has 0 atom stereocenters. The SMILES string of the molecule is CC1(C)c2ccccc2-c2c1c1cc3c4cc(-c5ccccn5)ccc4n(-c4ccc(-c5cccc(-c6nc(-c7ccccc7)nc(-c7ccccc7)n6)c5)cc4)c3cc1n2-c1ccccc1. The van der Waals surface area contributed by atoms with Crippen molar-refractivity contribution in [1.82, 2.24) is 29.1 Å². The average Bonchev–Trinajstić information content (AvgIpc) is 3.99. The van der Waals surface area contributed by atoms with Gasteiger partial charge < -0.3 is 9.13 Å². The van der Waals surface area contributed by atoms with Crippen molar-refractivity contribution in [3.8, 4) is 79.2 Å². The van der Waals surface area contributed by atoms with Gasteiger partial charge in [0.25, 0.3) is 0 Å². The lowest BCUT2D eigenvalue weighted by molar-refractivity contribution is 0.666. The monoisotopic (exact) mass is 858 g/mol. The van der Waals surface area contributed by atoms with Crippen LogP contribution in [0.2, 0.25) is 0 Å². The third kappa shape index (κ3) is 6.25. The Kier molecular flexibility index (Phi) is 8.77. The fraction of sp³-hybridized carbons (Fsp3) is 0.0492. The Labute approximate surface area is 388 Å². The number of pyridine rings is 1. The molecule has 316 valence electrons. The summed E-state index contributed by atoms with van der Waals surface area (Å²) in [4.78, 5) is 19.7. The van der Waals surface area contributed by atoms with Gasteiger partial charge in [-0.15, -0.1) is 0 Å². The highest BCUT2D eigenvalue weighted by Crippen LogP contribution is 2.54. The number of hydrogen-bond donors (Lipinski definition) is 0. The van der Waals surface area contributed by atoms with Crippen LogP contribution in [0.25, 0.3) is 112 Å². The maximum absolute atomic E-state index is 5.02. The van der Waals surface area contributed by atoms with Crippen LogP contribution in [0.5, 0.6) is 0 Å². The summed E-state index contributed by atoms with van der Waals surface area (Å²) in [6, 6.07) is 75.2. The Morgan fingerprint density at radius 2 is 0.940 bits per heavy atom. The van der Waals surface area contributed by atoms with E-state index >= 15 is 0 Å². The third-order valence-electron chi connectivity index (χ3n) is 13.6. The summed E-state index contributed by atoms with van der Waals surface area (Å²) in [6.45, 7) is 4.76. The first kappa shape index (κ1) is 38.7. The lowest BCUT2D eigenvalue weighted by atomic mass is 9.81. The smallest absolute Gasteiger partial charge is 0.164 e. The molecule has 0 amide bonds. The van der Waals surface area contributed by atoms with E-state index in [0.29, 0.717) is 17.5 Å². The fourth-order valence-electron chi connectivity index (χ4n) is 10.5. The van der Waals surface area contributed by atoms with E-state index in [0.717, 1.165) is 61.5 Å². The van der Waals surface area contributed by atoms with Crippen LogP contribution < -0.4 is 0 Å². The maximum Gasteiger partial charge on any atom is 0.164 e. The van der Waals surface area contributed by atoms with E-state index in [9.17, 15) is 0 Å². The van der Waals surface area contributed by atoms with Crippen molar-refractivity contribution in [2.75, 3.05) is 0 Å². The molecule has 6 nitrogen and oxygen atoms in total. The molecule has 0 aliphatic heterocycles. The molecule has 0 N–H and O–H groups in total. The van der Waals surface area contributed by atoms with Gasteiger partial charge in [0.1, 0.15) is 0 Å². The molecule has 0 unspecified atom stereocenters. The second-order valence-electron chi connectivity index (χ2n) is 17.9. The van der Waals surface area contributed by atoms with Crippen molar-refractivity contribution in [3.63, 3.8) is 0 Å². The van der Waals surface area contributed by atoms with E-state index in [-0.39, 0.29) is 5.41 Å². The third-order valence-corrected chi connectivity index (χ3v) is 13.6. The molecule has 0 fully saturated rings. The summed E-state index contributed by atoms with van der Waals surface area (Å²) in [5.41, 5.74) is 17.8. The maximum atomic E-state index is 5.02. The van der Waals surface area contributed by atoms with E-state index in [1.165, 1.54) is 44.1 Å². The van der Waals surface area contributed by atoms with Gasteiger partial charge >= 0.3 is 0 Å². The highest BCUT2D eigenvalue weighted by atomic mass is 15.0. The first-order valence-electron chi connectivity index (χ1n) is 22.8. The minimum atomic E-state index is -0.194. The molecule has 4 heterocycles. The van der Waals surface area contributed by atoms with Crippen LogP contribution in [0.15, 0.2) is 219 Å². The average molecular weight is 859 g/mol. The van der Waals surface area contributed by atoms with Crippen LogP contribution in [-0.4, -0.2) is 29.1 Å². The van der Waals surface area contributed by atoms with Gasteiger partial charge in [0.2, 0.25) is 0 Å². The van der Waals surface area contributed by atoms with Crippen molar-refractivity contribution in [2.45, 2.75) is 19.3 Å². The van der Waals surface area contributed by atoms with Crippen LogP contribution in [0.3, 0.4) is 0 Å². The molecule has 8 aromatic carbocycles. The number of aromatic nitrogens is 6. The Morgan fingerprint density at radius 1 is 0.373 bits per heavy atom. The van der Waals surface area contributed by atoms with Crippen molar-refractivity contribution in [3.05, 3.63) is 230 Å². The lowest BCUT2D eigenvalue weighted by Gasteiger charge is -2.21. The van der Waals surface area contributed by atoms with Gasteiger partial charge in [-0.3, -0.25) is 4.98 Å². The van der Waals surface area contributed by atoms with Crippen LogP contribution in [0.4, 0.5) is 0 Å². The Morgan fingerprint density at radius 3 is 1.64 bits per heavy atom. The van der Waals surface area contributed by atoms with E-state index in [1.807, 2.05) is 72.9 Å². The van der Waals surface area contributed by atoms with Crippen molar-refractivity contribution in [2.24, 2.45) is 0 Å². The number of hydrogen-bond acceptors (Lipinski definition) is 4. The normalized spacial score (nSPS) is 12.7. The second-order valence-corrected chi connectivity index (χ2v) is 17.9. The molecule has 4 aromatic heterocycles. The summed E-state index contributed by atoms with van der Waals surface area (Å²) >= 11 is 0. The van der Waals surface area contributed by atoms with Gasteiger partial charge in [-0.2, -0.15) is 0 Å². The molecular formula is C61H42N6. The molecule has 0 saturated heterocycles. The molecule has 67 heavy (non-hydrogen) atoms. The number of para-hydroxylation sites is 1. The van der Waals surface area contributed by atoms with Crippen LogP contribution in [0.1, 0.15) is 25.0 Å². The van der Waals surface area contributed by atoms with Gasteiger partial charge in [0.15, 0.2) is 17.5 Å². The predicted molar refractivity (Wildman–Crippen MR) is 274 cm³/mol. The summed E-state index contributed by atoms with van der Waals surface area (Å²) in [7, 11) is 0. The highest BCUT2D eigenvalue weighted by molar-refractivity contribution is 6.16. The van der Waals surface area contributed by atoms with Crippen molar-refractivity contribution < 1.29 is 0 Å². The molecule has 0 spiro atoms. The Hall–Kier alpha value is -8.74. The van der Waals surface area contributed by atoms with Gasteiger partial charge in [-0.1, -0.05) is 159 Å². The zero-order valence-electron chi connectivity index (χ0n) is 37.0. The molecule has 0 radical (unpaired) electrons. The summed E-state index contributed by atoms with van der Waals surface area (Å²) in [6.07, 6.45) is 1.87. The largest absolute Gasteiger partial charge is 0.309 e. The molecule has 1 aliphatic carbocycles. The number of rotatable bonds is 7. The van der Waals surface area contributed by atoms with Gasteiger partial charge in [-0.25, -0.2) is 15.0 Å². The first-order chi connectivity index (χ1) is 33.0. The Balaban J connectivity index is 0.981. The van der Waals surface area contributed by atoms with Crippen LogP contribution in [-0.2, 0) is 5.41 Å². The Bertz CT molecular complexity index is 3800. The van der Waals surface area contributed by atoms with Gasteiger partial charge in [0, 0.05) is 67.0 Å². The molecule has 0 bridgehead atoms. The van der Waals surface area contributed by atoms with Crippen molar-refractivity contribution in [1.29, 1.82) is 0 Å². The fourth-order valence-corrected chi connectivity index (χ4v) is 10.5. The molecule has 1 aliphatic rings. The lowest BCUT2D eigenvalue weighted by Crippen LogP contribution is -2.14. The standard InChI is InChI=1S/C61H42N6/c1-61(2)51-26-13-12-25-47(51)57-56(61)50-37-49-48-36-43(52-27-14-15-34-62-52)30-33-53(48)66(54(49)38-55(50)67(57)45-23-10-5-11-24-45)46-31-28-39(29-32-46)42-21-16-22-44(35-42)60-64-58(40-17-6-3-7-18-40)63-59(65-60)41-19-8-4-9-20-41/h3-38H,1-2H3. The molecule has 0 saturated carbocycles. The summed E-state index contributed by atoms with van der Waals surface area (Å²) in [5, 5.41) is 3.67. The van der Waals surface area contributed by atoms with E-state index in [2.05, 4.69) is 169 Å². The van der Waals surface area contributed by atoms with Crippen LogP contribution in [0, 0.1) is 0 Å². The molecule has 13 rings (SSSR count). The van der Waals surface area contributed by atoms with E-state index in [1.54, 1.807) is 0 Å². The zero-order chi connectivity index (χ0) is 44.6. The zero-order valence-corrected chi connectivity index (χ0v) is 37.0. The van der Waals surface area contributed by atoms with Gasteiger partial charge in [0.05, 0.1) is 27.9 Å². The number of fused-ring (bicyclic) bond motifs is 8. The predicted octanol–water partition coefficient (Wildman–Crippen LogP) is 14.9. The number of benzene rings is 8. The quantitative estimate of drug-likeness (QED) is 0.160. The minimum Gasteiger partial charge on any atom is -0.309 e. The second kappa shape index (κ2) is 15.2. The van der Waals surface area contributed by atoms with E-state index < -0.39 is 0 Å². The molecule has 12 aromatic rings. The van der Waals surface area contributed by atoms with Crippen LogP contribution >= 0.6 is 0 Å². The summed E-state index contributed by atoms with van der Waals surface area (Å²) < 4.78 is 4.92. The molecular weight excluding hydrogens is 817 g/mol. The van der Waals surface area contributed by atoms with Gasteiger partial charge in [-0.05, 0) is 89.0 Å². The van der Waals surface area contributed by atoms with Crippen molar-refractivity contribution >= 4 is 32.7 Å².